The molecule has 0 amide bonds. The molecule has 0 radical (unpaired) electrons. The van der Waals surface area contributed by atoms with Crippen molar-refractivity contribution < 1.29 is 4.74 Å². The maximum absolute atomic E-state index is 6.11. The second-order valence-corrected chi connectivity index (χ2v) is 5.85. The fraction of sp³-hybridized carbons (Fsp3) is 0.625. The number of halogens is 1. The zero-order valence-electron chi connectivity index (χ0n) is 11.9. The second-order valence-electron chi connectivity index (χ2n) is 5.41. The molecular formula is C16H24ClNO. The number of ether oxygens (including phenoxy) is 1. The summed E-state index contributed by atoms with van der Waals surface area (Å²) in [5, 5.41) is 4.48. The van der Waals surface area contributed by atoms with Gasteiger partial charge in [0.05, 0.1) is 7.11 Å². The van der Waals surface area contributed by atoms with Crippen molar-refractivity contribution in [1.29, 1.82) is 0 Å². The highest BCUT2D eigenvalue weighted by molar-refractivity contribution is 6.30. The van der Waals surface area contributed by atoms with Crippen LogP contribution < -0.4 is 10.1 Å². The van der Waals surface area contributed by atoms with Crippen molar-refractivity contribution in [2.45, 2.75) is 45.1 Å². The lowest BCUT2D eigenvalue weighted by Crippen LogP contribution is -2.33. The SMILES string of the molecule is CCCNC1CCCC1Cc1cc(Cl)ccc1OC. The molecule has 3 heteroatoms. The highest BCUT2D eigenvalue weighted by atomic mass is 35.5. The molecule has 0 saturated heterocycles. The topological polar surface area (TPSA) is 21.3 Å². The maximum atomic E-state index is 6.11. The first-order valence-corrected chi connectivity index (χ1v) is 7.68. The molecule has 0 bridgehead atoms. The van der Waals surface area contributed by atoms with Gasteiger partial charge in [-0.3, -0.25) is 0 Å². The van der Waals surface area contributed by atoms with Crippen molar-refractivity contribution in [1.82, 2.24) is 5.32 Å². The summed E-state index contributed by atoms with van der Waals surface area (Å²) < 4.78 is 5.45. The lowest BCUT2D eigenvalue weighted by atomic mass is 9.94. The summed E-state index contributed by atoms with van der Waals surface area (Å²) in [6.07, 6.45) is 6.19. The molecule has 1 fully saturated rings. The zero-order valence-corrected chi connectivity index (χ0v) is 12.7. The second kappa shape index (κ2) is 7.16. The van der Waals surface area contributed by atoms with Crippen molar-refractivity contribution in [3.05, 3.63) is 28.8 Å². The number of methoxy groups -OCH3 is 1. The molecule has 0 aromatic heterocycles. The van der Waals surface area contributed by atoms with Crippen LogP contribution in [0.1, 0.15) is 38.2 Å². The van der Waals surface area contributed by atoms with Gasteiger partial charge in [0, 0.05) is 11.1 Å². The third-order valence-electron chi connectivity index (χ3n) is 4.04. The summed E-state index contributed by atoms with van der Waals surface area (Å²) in [5.74, 6) is 1.67. The number of hydrogen-bond donors (Lipinski definition) is 1. The summed E-state index contributed by atoms with van der Waals surface area (Å²) in [6, 6.07) is 6.57. The maximum Gasteiger partial charge on any atom is 0.122 e. The summed E-state index contributed by atoms with van der Waals surface area (Å²) in [4.78, 5) is 0. The van der Waals surface area contributed by atoms with E-state index in [2.05, 4.69) is 18.3 Å². The first kappa shape index (κ1) is 14.7. The standard InChI is InChI=1S/C16H24ClNO/c1-3-9-18-15-6-4-5-12(15)10-13-11-14(17)7-8-16(13)19-2/h7-8,11-12,15,18H,3-6,9-10H2,1-2H3. The fourth-order valence-corrected chi connectivity index (χ4v) is 3.26. The molecule has 2 nitrogen and oxygen atoms in total. The van der Waals surface area contributed by atoms with Gasteiger partial charge in [0.25, 0.3) is 0 Å². The molecule has 0 heterocycles. The molecule has 0 aliphatic heterocycles. The Hall–Kier alpha value is -0.730. The first-order valence-electron chi connectivity index (χ1n) is 7.30. The predicted octanol–water partition coefficient (Wildman–Crippen LogP) is 4.06. The van der Waals surface area contributed by atoms with Crippen molar-refractivity contribution >= 4 is 11.6 Å². The Bertz CT molecular complexity index is 408. The Kier molecular flexibility index (Phi) is 5.53. The largest absolute Gasteiger partial charge is 0.496 e. The smallest absolute Gasteiger partial charge is 0.122 e. The van der Waals surface area contributed by atoms with E-state index in [9.17, 15) is 0 Å². The molecule has 1 saturated carbocycles. The van der Waals surface area contributed by atoms with E-state index >= 15 is 0 Å². The van der Waals surface area contributed by atoms with Gasteiger partial charge in [-0.15, -0.1) is 0 Å². The first-order chi connectivity index (χ1) is 9.24. The summed E-state index contributed by atoms with van der Waals surface area (Å²) >= 11 is 6.11. The minimum atomic E-state index is 0.656. The van der Waals surface area contributed by atoms with Crippen LogP contribution in [-0.2, 0) is 6.42 Å². The number of benzene rings is 1. The van der Waals surface area contributed by atoms with Gasteiger partial charge in [0.1, 0.15) is 5.75 Å². The molecule has 2 unspecified atom stereocenters. The summed E-state index contributed by atoms with van der Waals surface area (Å²) in [7, 11) is 1.73. The summed E-state index contributed by atoms with van der Waals surface area (Å²) in [5.41, 5.74) is 1.24. The molecule has 1 aliphatic rings. The van der Waals surface area contributed by atoms with Crippen LogP contribution in [0.15, 0.2) is 18.2 Å². The Morgan fingerprint density at radius 1 is 1.37 bits per heavy atom. The molecule has 2 rings (SSSR count). The van der Waals surface area contributed by atoms with Crippen LogP contribution >= 0.6 is 11.6 Å². The van der Waals surface area contributed by atoms with E-state index in [1.54, 1.807) is 7.11 Å². The third kappa shape index (κ3) is 3.87. The van der Waals surface area contributed by atoms with Crippen LogP contribution in [0.25, 0.3) is 0 Å². The quantitative estimate of drug-likeness (QED) is 0.849. The molecule has 19 heavy (non-hydrogen) atoms. The van der Waals surface area contributed by atoms with E-state index < -0.39 is 0 Å². The van der Waals surface area contributed by atoms with Crippen molar-refractivity contribution in [2.24, 2.45) is 5.92 Å². The van der Waals surface area contributed by atoms with Gasteiger partial charge in [-0.05, 0) is 61.9 Å². The Balaban J connectivity index is 2.05. The van der Waals surface area contributed by atoms with Crippen LogP contribution in [0.3, 0.4) is 0 Å². The molecule has 106 valence electrons. The fourth-order valence-electron chi connectivity index (χ4n) is 3.07. The minimum Gasteiger partial charge on any atom is -0.496 e. The number of nitrogens with one attached hydrogen (secondary N) is 1. The third-order valence-corrected chi connectivity index (χ3v) is 4.28. The van der Waals surface area contributed by atoms with Crippen LogP contribution in [0.5, 0.6) is 5.75 Å². The Labute approximate surface area is 121 Å². The van der Waals surface area contributed by atoms with Gasteiger partial charge in [-0.2, -0.15) is 0 Å². The van der Waals surface area contributed by atoms with E-state index in [1.165, 1.54) is 31.2 Å². The van der Waals surface area contributed by atoms with E-state index in [0.29, 0.717) is 12.0 Å². The van der Waals surface area contributed by atoms with Gasteiger partial charge in [0.2, 0.25) is 0 Å². The van der Waals surface area contributed by atoms with Gasteiger partial charge in [0.15, 0.2) is 0 Å². The van der Waals surface area contributed by atoms with Gasteiger partial charge in [-0.1, -0.05) is 24.9 Å². The normalized spacial score (nSPS) is 22.7. The average molecular weight is 282 g/mol. The molecule has 1 N–H and O–H groups in total. The lowest BCUT2D eigenvalue weighted by Gasteiger charge is -2.22. The van der Waals surface area contributed by atoms with Gasteiger partial charge >= 0.3 is 0 Å². The van der Waals surface area contributed by atoms with Crippen molar-refractivity contribution in [3.63, 3.8) is 0 Å². The van der Waals surface area contributed by atoms with E-state index in [-0.39, 0.29) is 0 Å². The summed E-state index contributed by atoms with van der Waals surface area (Å²) in [6.45, 7) is 3.34. The molecule has 1 aliphatic carbocycles. The molecule has 1 aromatic rings. The Morgan fingerprint density at radius 2 is 2.21 bits per heavy atom. The van der Waals surface area contributed by atoms with Crippen LogP contribution in [0.2, 0.25) is 5.02 Å². The van der Waals surface area contributed by atoms with Crippen LogP contribution in [0, 0.1) is 5.92 Å². The Morgan fingerprint density at radius 3 is 2.95 bits per heavy atom. The van der Waals surface area contributed by atoms with Gasteiger partial charge < -0.3 is 10.1 Å². The number of hydrogen-bond acceptors (Lipinski definition) is 2. The highest BCUT2D eigenvalue weighted by Gasteiger charge is 2.27. The predicted molar refractivity (Wildman–Crippen MR) is 81.1 cm³/mol. The monoisotopic (exact) mass is 281 g/mol. The molecule has 0 spiro atoms. The minimum absolute atomic E-state index is 0.656. The van der Waals surface area contributed by atoms with Crippen LogP contribution in [-0.4, -0.2) is 19.7 Å². The van der Waals surface area contributed by atoms with Crippen molar-refractivity contribution in [2.75, 3.05) is 13.7 Å². The highest BCUT2D eigenvalue weighted by Crippen LogP contribution is 2.32. The van der Waals surface area contributed by atoms with E-state index in [0.717, 1.165) is 23.7 Å². The van der Waals surface area contributed by atoms with Gasteiger partial charge in [-0.25, -0.2) is 0 Å². The molecule has 2 atom stereocenters. The van der Waals surface area contributed by atoms with E-state index in [1.807, 2.05) is 12.1 Å². The van der Waals surface area contributed by atoms with Crippen LogP contribution in [0.4, 0.5) is 0 Å². The van der Waals surface area contributed by atoms with E-state index in [4.69, 9.17) is 16.3 Å². The lowest BCUT2D eigenvalue weighted by molar-refractivity contribution is 0.380. The van der Waals surface area contributed by atoms with Crippen molar-refractivity contribution in [3.8, 4) is 5.75 Å². The zero-order chi connectivity index (χ0) is 13.7. The molecular weight excluding hydrogens is 258 g/mol. The average Bonchev–Trinajstić information content (AvgIpc) is 2.84. The number of rotatable bonds is 6. The molecule has 1 aromatic carbocycles.